The third kappa shape index (κ3) is 14.7. The summed E-state index contributed by atoms with van der Waals surface area (Å²) in [7, 11) is -4.49. The summed E-state index contributed by atoms with van der Waals surface area (Å²) in [5, 5.41) is 7.22. The molecule has 0 aromatic rings. The van der Waals surface area contributed by atoms with Gasteiger partial charge in [0.25, 0.3) is 10.1 Å². The summed E-state index contributed by atoms with van der Waals surface area (Å²) in [5.41, 5.74) is 0. The number of carbonyl (C=O) groups excluding carboxylic acids is 1. The van der Waals surface area contributed by atoms with Crippen molar-refractivity contribution in [2.24, 2.45) is 5.92 Å². The lowest BCUT2D eigenvalue weighted by atomic mass is 10.0. The molecule has 0 aromatic carbocycles. The number of Topliss-reactive ketones (excluding diaryl/α,β-unsaturated/α-hetero) is 1. The first-order valence-electron chi connectivity index (χ1n) is 10.4. The molecule has 26 heavy (non-hydrogen) atoms. The summed E-state index contributed by atoms with van der Waals surface area (Å²) in [6.45, 7) is 3.71. The van der Waals surface area contributed by atoms with E-state index in [9.17, 15) is 13.2 Å². The number of aliphatic hydroxyl groups excluding tert-OH is 1. The minimum Gasteiger partial charge on any atom is -0.394 e. The molecule has 0 aliphatic rings. The Labute approximate surface area is 160 Å². The number of unbranched alkanes of at least 4 members (excludes halogenated alkanes) is 11. The molecule has 6 heteroatoms. The van der Waals surface area contributed by atoms with Gasteiger partial charge in [0, 0.05) is 6.42 Å². The van der Waals surface area contributed by atoms with Crippen molar-refractivity contribution in [3.8, 4) is 0 Å². The van der Waals surface area contributed by atoms with Gasteiger partial charge in [-0.2, -0.15) is 8.42 Å². The zero-order valence-corrected chi connectivity index (χ0v) is 17.6. The van der Waals surface area contributed by atoms with Crippen molar-refractivity contribution in [3.05, 3.63) is 0 Å². The topological polar surface area (TPSA) is 91.7 Å². The molecule has 0 spiro atoms. The maximum absolute atomic E-state index is 11.7. The minimum absolute atomic E-state index is 0.0990. The number of rotatable bonds is 18. The van der Waals surface area contributed by atoms with E-state index >= 15 is 0 Å². The molecule has 0 aliphatic heterocycles. The highest BCUT2D eigenvalue weighted by Gasteiger charge is 2.29. The summed E-state index contributed by atoms with van der Waals surface area (Å²) in [4.78, 5) is 11.7. The van der Waals surface area contributed by atoms with Crippen molar-refractivity contribution in [3.63, 3.8) is 0 Å². The quantitative estimate of drug-likeness (QED) is 0.255. The largest absolute Gasteiger partial charge is 0.394 e. The highest BCUT2D eigenvalue weighted by Crippen LogP contribution is 2.15. The molecule has 0 bridgehead atoms. The Bertz CT molecular complexity index is 445. The van der Waals surface area contributed by atoms with Gasteiger partial charge < -0.3 is 5.11 Å². The molecule has 0 heterocycles. The van der Waals surface area contributed by atoms with Gasteiger partial charge in [-0.15, -0.1) is 0 Å². The van der Waals surface area contributed by atoms with Crippen LogP contribution in [0.5, 0.6) is 0 Å². The van der Waals surface area contributed by atoms with Crippen molar-refractivity contribution in [2.75, 3.05) is 6.61 Å². The smallest absolute Gasteiger partial charge is 0.277 e. The second kappa shape index (κ2) is 15.6. The van der Waals surface area contributed by atoms with Crippen LogP contribution in [0.1, 0.15) is 104 Å². The Morgan fingerprint density at radius 2 is 1.15 bits per heavy atom. The van der Waals surface area contributed by atoms with E-state index in [0.29, 0.717) is 6.42 Å². The standard InChI is InChI=1S/C20H40O5S/c1-18(2)15-13-11-9-7-5-3-4-6-8-10-12-14-16-19(22)20(17-21)26(23,24)25/h18,20-21H,3-17H2,1-2H3,(H,23,24,25). The Kier molecular flexibility index (Phi) is 15.3. The number of hydrogen-bond donors (Lipinski definition) is 2. The molecule has 1 unspecified atom stereocenters. The number of aliphatic hydroxyl groups is 1. The van der Waals surface area contributed by atoms with Crippen LogP contribution in [0.2, 0.25) is 0 Å². The van der Waals surface area contributed by atoms with Gasteiger partial charge in [0.15, 0.2) is 11.0 Å². The van der Waals surface area contributed by atoms with Gasteiger partial charge in [-0.1, -0.05) is 90.9 Å². The van der Waals surface area contributed by atoms with Gasteiger partial charge in [0.05, 0.1) is 6.61 Å². The van der Waals surface area contributed by atoms with Crippen LogP contribution in [0.15, 0.2) is 0 Å². The first-order chi connectivity index (χ1) is 12.3. The average molecular weight is 393 g/mol. The van der Waals surface area contributed by atoms with E-state index in [4.69, 9.17) is 9.66 Å². The molecule has 1 atom stereocenters. The monoisotopic (exact) mass is 392 g/mol. The van der Waals surface area contributed by atoms with Gasteiger partial charge >= 0.3 is 0 Å². The number of ketones is 1. The molecule has 156 valence electrons. The lowest BCUT2D eigenvalue weighted by Crippen LogP contribution is -2.33. The van der Waals surface area contributed by atoms with Gasteiger partial charge in [-0.05, 0) is 12.3 Å². The molecule has 0 fully saturated rings. The predicted molar refractivity (Wildman–Crippen MR) is 107 cm³/mol. The maximum atomic E-state index is 11.7. The van der Waals surface area contributed by atoms with Gasteiger partial charge in [0.2, 0.25) is 0 Å². The van der Waals surface area contributed by atoms with Crippen LogP contribution in [-0.4, -0.2) is 35.7 Å². The SMILES string of the molecule is CC(C)CCCCCCCCCCCCCCC(=O)C(CO)S(=O)(=O)O. The second-order valence-electron chi connectivity index (χ2n) is 7.83. The Morgan fingerprint density at radius 1 is 0.769 bits per heavy atom. The molecule has 2 N–H and O–H groups in total. The molecule has 0 amide bonds. The highest BCUT2D eigenvalue weighted by atomic mass is 32.2. The minimum atomic E-state index is -4.49. The molecule has 0 radical (unpaired) electrons. The van der Waals surface area contributed by atoms with Gasteiger partial charge in [-0.3, -0.25) is 9.35 Å². The summed E-state index contributed by atoms with van der Waals surface area (Å²) in [5.74, 6) is 0.232. The van der Waals surface area contributed by atoms with Crippen molar-refractivity contribution in [1.82, 2.24) is 0 Å². The molecule has 0 saturated heterocycles. The summed E-state index contributed by atoms with van der Waals surface area (Å²) >= 11 is 0. The third-order valence-corrected chi connectivity index (χ3v) is 5.97. The van der Waals surface area contributed by atoms with Crippen LogP contribution in [-0.2, 0) is 14.9 Å². The second-order valence-corrected chi connectivity index (χ2v) is 9.43. The van der Waals surface area contributed by atoms with Crippen molar-refractivity contribution < 1.29 is 22.9 Å². The lowest BCUT2D eigenvalue weighted by molar-refractivity contribution is -0.119. The third-order valence-electron chi connectivity index (χ3n) is 4.84. The lowest BCUT2D eigenvalue weighted by Gasteiger charge is -2.09. The maximum Gasteiger partial charge on any atom is 0.277 e. The number of hydrogen-bond acceptors (Lipinski definition) is 4. The summed E-state index contributed by atoms with van der Waals surface area (Å²) in [6, 6.07) is 0. The van der Waals surface area contributed by atoms with E-state index in [1.807, 2.05) is 0 Å². The van der Waals surface area contributed by atoms with E-state index in [1.165, 1.54) is 57.8 Å². The Morgan fingerprint density at radius 3 is 1.50 bits per heavy atom. The van der Waals surface area contributed by atoms with Crippen molar-refractivity contribution in [1.29, 1.82) is 0 Å². The summed E-state index contributed by atoms with van der Waals surface area (Å²) < 4.78 is 30.7. The molecule has 0 saturated carbocycles. The van der Waals surface area contributed by atoms with E-state index in [1.54, 1.807) is 0 Å². The van der Waals surface area contributed by atoms with Gasteiger partial charge in [-0.25, -0.2) is 0 Å². The van der Waals surface area contributed by atoms with Crippen LogP contribution in [0.4, 0.5) is 0 Å². The van der Waals surface area contributed by atoms with Crippen LogP contribution in [0.3, 0.4) is 0 Å². The number of carbonyl (C=O) groups is 1. The normalized spacial score (nSPS) is 13.3. The van der Waals surface area contributed by atoms with E-state index in [-0.39, 0.29) is 6.42 Å². The highest BCUT2D eigenvalue weighted by molar-refractivity contribution is 7.87. The molecule has 0 rings (SSSR count). The van der Waals surface area contributed by atoms with Gasteiger partial charge in [0.1, 0.15) is 0 Å². The zero-order valence-electron chi connectivity index (χ0n) is 16.8. The Balaban J connectivity index is 3.40. The van der Waals surface area contributed by atoms with E-state index < -0.39 is 27.8 Å². The fourth-order valence-electron chi connectivity index (χ4n) is 3.14. The fraction of sp³-hybridized carbons (Fsp3) is 0.950. The van der Waals surface area contributed by atoms with Crippen molar-refractivity contribution >= 4 is 15.9 Å². The predicted octanol–water partition coefficient (Wildman–Crippen LogP) is 4.92. The van der Waals surface area contributed by atoms with Crippen LogP contribution in [0.25, 0.3) is 0 Å². The molecular weight excluding hydrogens is 352 g/mol. The molecule has 5 nitrogen and oxygen atoms in total. The summed E-state index contributed by atoms with van der Waals surface area (Å²) in [6.07, 6.45) is 15.7. The first-order valence-corrected chi connectivity index (χ1v) is 11.9. The molecule has 0 aromatic heterocycles. The Hall–Kier alpha value is -0.460. The van der Waals surface area contributed by atoms with Crippen LogP contribution in [0, 0.1) is 5.92 Å². The fourth-order valence-corrected chi connectivity index (χ4v) is 3.78. The van der Waals surface area contributed by atoms with E-state index in [2.05, 4.69) is 13.8 Å². The van der Waals surface area contributed by atoms with E-state index in [0.717, 1.165) is 25.2 Å². The molecule has 0 aliphatic carbocycles. The zero-order chi connectivity index (χ0) is 19.8. The van der Waals surface area contributed by atoms with Crippen LogP contribution >= 0.6 is 0 Å². The van der Waals surface area contributed by atoms with Crippen LogP contribution < -0.4 is 0 Å². The first kappa shape index (κ1) is 25.5. The van der Waals surface area contributed by atoms with Crippen molar-refractivity contribution in [2.45, 2.75) is 109 Å². The average Bonchev–Trinajstić information content (AvgIpc) is 2.54. The molecular formula is C20H40O5S.